The van der Waals surface area contributed by atoms with Crippen molar-refractivity contribution in [1.29, 1.82) is 0 Å². The van der Waals surface area contributed by atoms with Gasteiger partial charge in [-0.05, 0) is 36.5 Å². The Hall–Kier alpha value is -0.800. The molecule has 0 aliphatic rings. The second kappa shape index (κ2) is 6.71. The molecule has 2 nitrogen and oxygen atoms in total. The summed E-state index contributed by atoms with van der Waals surface area (Å²) in [6, 6.07) is 4.17. The van der Waals surface area contributed by atoms with Gasteiger partial charge in [-0.3, -0.25) is 0 Å². The van der Waals surface area contributed by atoms with Gasteiger partial charge in [0.15, 0.2) is 11.6 Å². The first-order valence-corrected chi connectivity index (χ1v) is 5.24. The number of phenols is 1. The molecule has 0 amide bonds. The third kappa shape index (κ3) is 4.37. The van der Waals surface area contributed by atoms with E-state index in [-0.39, 0.29) is 24.2 Å². The predicted molar refractivity (Wildman–Crippen MR) is 66.3 cm³/mol. The van der Waals surface area contributed by atoms with Crippen LogP contribution in [-0.2, 0) is 0 Å². The molecule has 0 fully saturated rings. The van der Waals surface area contributed by atoms with Crippen LogP contribution in [0.4, 0.5) is 4.39 Å². The minimum atomic E-state index is -0.604. The third-order valence-electron chi connectivity index (χ3n) is 2.45. The molecule has 1 aromatic carbocycles. The van der Waals surface area contributed by atoms with Crippen molar-refractivity contribution in [2.75, 3.05) is 0 Å². The van der Waals surface area contributed by atoms with Gasteiger partial charge < -0.3 is 10.8 Å². The van der Waals surface area contributed by atoms with Crippen LogP contribution in [0.2, 0.25) is 0 Å². The zero-order valence-electron chi connectivity index (χ0n) is 9.61. The fraction of sp³-hybridized carbons (Fsp3) is 0.500. The predicted octanol–water partition coefficient (Wildman–Crippen LogP) is 3.39. The molecule has 0 unspecified atom stereocenters. The van der Waals surface area contributed by atoms with Gasteiger partial charge in [0.25, 0.3) is 0 Å². The van der Waals surface area contributed by atoms with E-state index in [1.54, 1.807) is 6.07 Å². The van der Waals surface area contributed by atoms with Crippen molar-refractivity contribution in [3.05, 3.63) is 29.6 Å². The van der Waals surface area contributed by atoms with E-state index >= 15 is 0 Å². The van der Waals surface area contributed by atoms with Gasteiger partial charge in [-0.15, -0.1) is 12.4 Å². The van der Waals surface area contributed by atoms with Crippen LogP contribution in [0.5, 0.6) is 5.75 Å². The Balaban J connectivity index is 0.00000225. The molecule has 4 heteroatoms. The summed E-state index contributed by atoms with van der Waals surface area (Å²) in [7, 11) is 0. The number of aromatic hydroxyl groups is 1. The highest BCUT2D eigenvalue weighted by atomic mass is 35.5. The number of phenolic OH excluding ortho intramolecular Hbond substituents is 1. The molecule has 0 heterocycles. The van der Waals surface area contributed by atoms with Crippen molar-refractivity contribution < 1.29 is 9.50 Å². The lowest BCUT2D eigenvalue weighted by Crippen LogP contribution is -2.11. The molecule has 0 bridgehead atoms. The van der Waals surface area contributed by atoms with Crippen molar-refractivity contribution >= 4 is 12.4 Å². The molecular weight excluding hydrogens is 229 g/mol. The summed E-state index contributed by atoms with van der Waals surface area (Å²) in [6.45, 7) is 4.26. The van der Waals surface area contributed by atoms with Crippen molar-refractivity contribution in [3.63, 3.8) is 0 Å². The average molecular weight is 248 g/mol. The molecular formula is C12H19ClFNO. The normalized spacial score (nSPS) is 12.3. The zero-order valence-corrected chi connectivity index (χ0v) is 10.4. The minimum absolute atomic E-state index is 0. The van der Waals surface area contributed by atoms with E-state index in [4.69, 9.17) is 10.8 Å². The van der Waals surface area contributed by atoms with E-state index in [2.05, 4.69) is 13.8 Å². The first-order chi connectivity index (χ1) is 7.00. The Labute approximate surface area is 102 Å². The van der Waals surface area contributed by atoms with E-state index in [1.165, 1.54) is 12.1 Å². The Bertz CT molecular complexity index is 331. The first-order valence-electron chi connectivity index (χ1n) is 5.24. The summed E-state index contributed by atoms with van der Waals surface area (Å²) in [5.74, 6) is -0.333. The van der Waals surface area contributed by atoms with Crippen LogP contribution in [0.1, 0.15) is 38.3 Å². The highest BCUT2D eigenvalue weighted by Gasteiger charge is 2.09. The lowest BCUT2D eigenvalue weighted by atomic mass is 9.98. The summed E-state index contributed by atoms with van der Waals surface area (Å²) in [5, 5.41) is 9.03. The van der Waals surface area contributed by atoms with E-state index in [1.807, 2.05) is 0 Å². The number of hydrogen-bond donors (Lipinski definition) is 2. The topological polar surface area (TPSA) is 46.2 Å². The van der Waals surface area contributed by atoms with Gasteiger partial charge in [0, 0.05) is 6.04 Å². The molecule has 0 aliphatic heterocycles. The highest BCUT2D eigenvalue weighted by molar-refractivity contribution is 5.85. The standard InChI is InChI=1S/C12H18FNO.ClH/c1-8(2)3-5-11(14)9-4-6-12(15)10(13)7-9;/h4,6-8,11,15H,3,5,14H2,1-2H3;1H/t11-;/m0./s1. The molecule has 0 aromatic heterocycles. The van der Waals surface area contributed by atoms with Gasteiger partial charge in [0.2, 0.25) is 0 Å². The van der Waals surface area contributed by atoms with Crippen LogP contribution >= 0.6 is 12.4 Å². The summed E-state index contributed by atoms with van der Waals surface area (Å²) in [6.07, 6.45) is 1.85. The van der Waals surface area contributed by atoms with Crippen molar-refractivity contribution in [2.24, 2.45) is 11.7 Å². The van der Waals surface area contributed by atoms with Gasteiger partial charge in [0.05, 0.1) is 0 Å². The molecule has 92 valence electrons. The van der Waals surface area contributed by atoms with Gasteiger partial charge in [-0.1, -0.05) is 19.9 Å². The Morgan fingerprint density at radius 2 is 1.94 bits per heavy atom. The van der Waals surface area contributed by atoms with Gasteiger partial charge in [0.1, 0.15) is 0 Å². The van der Waals surface area contributed by atoms with E-state index in [0.29, 0.717) is 5.92 Å². The Morgan fingerprint density at radius 3 is 2.44 bits per heavy atom. The molecule has 1 rings (SSSR count). The Kier molecular flexibility index (Phi) is 6.38. The van der Waals surface area contributed by atoms with Crippen molar-refractivity contribution in [2.45, 2.75) is 32.7 Å². The van der Waals surface area contributed by atoms with Crippen LogP contribution in [-0.4, -0.2) is 5.11 Å². The smallest absolute Gasteiger partial charge is 0.165 e. The number of nitrogens with two attached hydrogens (primary N) is 1. The second-order valence-electron chi connectivity index (χ2n) is 4.29. The summed E-state index contributed by atoms with van der Waals surface area (Å²) >= 11 is 0. The maximum absolute atomic E-state index is 13.0. The number of halogens is 2. The number of rotatable bonds is 4. The fourth-order valence-corrected chi connectivity index (χ4v) is 1.43. The van der Waals surface area contributed by atoms with Crippen LogP contribution < -0.4 is 5.73 Å². The summed E-state index contributed by atoms with van der Waals surface area (Å²) < 4.78 is 13.0. The van der Waals surface area contributed by atoms with Gasteiger partial charge in [-0.25, -0.2) is 4.39 Å². The van der Waals surface area contributed by atoms with E-state index < -0.39 is 5.82 Å². The average Bonchev–Trinajstić information content (AvgIpc) is 2.18. The molecule has 0 saturated heterocycles. The monoisotopic (exact) mass is 247 g/mol. The molecule has 1 atom stereocenters. The molecule has 1 aromatic rings. The lowest BCUT2D eigenvalue weighted by Gasteiger charge is -2.13. The minimum Gasteiger partial charge on any atom is -0.505 e. The number of hydrogen-bond acceptors (Lipinski definition) is 2. The molecule has 0 saturated carbocycles. The molecule has 3 N–H and O–H groups in total. The fourth-order valence-electron chi connectivity index (χ4n) is 1.43. The molecule has 0 spiro atoms. The van der Waals surface area contributed by atoms with Crippen molar-refractivity contribution in [3.8, 4) is 5.75 Å². The highest BCUT2D eigenvalue weighted by Crippen LogP contribution is 2.23. The maximum Gasteiger partial charge on any atom is 0.165 e. The van der Waals surface area contributed by atoms with E-state index in [0.717, 1.165) is 18.4 Å². The molecule has 16 heavy (non-hydrogen) atoms. The van der Waals surface area contributed by atoms with Crippen molar-refractivity contribution in [1.82, 2.24) is 0 Å². The van der Waals surface area contributed by atoms with Gasteiger partial charge in [-0.2, -0.15) is 0 Å². The van der Waals surface area contributed by atoms with Crippen LogP contribution in [0, 0.1) is 11.7 Å². The lowest BCUT2D eigenvalue weighted by molar-refractivity contribution is 0.430. The molecule has 0 radical (unpaired) electrons. The third-order valence-corrected chi connectivity index (χ3v) is 2.45. The summed E-state index contributed by atoms with van der Waals surface area (Å²) in [5.41, 5.74) is 6.66. The second-order valence-corrected chi connectivity index (χ2v) is 4.29. The largest absolute Gasteiger partial charge is 0.505 e. The van der Waals surface area contributed by atoms with Crippen LogP contribution in [0.15, 0.2) is 18.2 Å². The van der Waals surface area contributed by atoms with Crippen LogP contribution in [0.3, 0.4) is 0 Å². The number of benzene rings is 1. The first kappa shape index (κ1) is 15.2. The quantitative estimate of drug-likeness (QED) is 0.857. The van der Waals surface area contributed by atoms with E-state index in [9.17, 15) is 4.39 Å². The zero-order chi connectivity index (χ0) is 11.4. The molecule has 0 aliphatic carbocycles. The SMILES string of the molecule is CC(C)CC[C@H](N)c1ccc(O)c(F)c1.Cl. The van der Waals surface area contributed by atoms with Crippen LogP contribution in [0.25, 0.3) is 0 Å². The Morgan fingerprint density at radius 1 is 1.31 bits per heavy atom. The maximum atomic E-state index is 13.0. The summed E-state index contributed by atoms with van der Waals surface area (Å²) in [4.78, 5) is 0. The van der Waals surface area contributed by atoms with Gasteiger partial charge >= 0.3 is 0 Å².